The zero-order chi connectivity index (χ0) is 6.24. The van der Waals surface area contributed by atoms with Crippen molar-refractivity contribution in [3.8, 4) is 0 Å². The summed E-state index contributed by atoms with van der Waals surface area (Å²) in [6, 6.07) is 0. The fourth-order valence-electron chi connectivity index (χ4n) is 0.175. The molecule has 0 heterocycles. The van der Waals surface area contributed by atoms with Crippen molar-refractivity contribution >= 4 is 21.6 Å². The van der Waals surface area contributed by atoms with E-state index in [-0.39, 0.29) is 0 Å². The van der Waals surface area contributed by atoms with Crippen molar-refractivity contribution in [2.45, 2.75) is 13.8 Å². The molecule has 0 aromatic carbocycles. The van der Waals surface area contributed by atoms with Gasteiger partial charge in [0.2, 0.25) is 0 Å². The third-order valence-electron chi connectivity index (χ3n) is 0.439. The third-order valence-corrected chi connectivity index (χ3v) is 2.32. The Balaban J connectivity index is 2.93. The van der Waals surface area contributed by atoms with Crippen molar-refractivity contribution in [1.29, 1.82) is 0 Å². The van der Waals surface area contributed by atoms with Gasteiger partial charge in [0.1, 0.15) is 0 Å². The second-order valence-corrected chi connectivity index (χ2v) is 3.22. The molecule has 0 radical (unpaired) electrons. The molecule has 0 aromatic rings. The summed E-state index contributed by atoms with van der Waals surface area (Å²) in [4.78, 5) is 0. The van der Waals surface area contributed by atoms with Crippen molar-refractivity contribution in [3.05, 3.63) is 23.0 Å². The van der Waals surface area contributed by atoms with E-state index in [9.17, 15) is 0 Å². The number of allylic oxidation sites excluding steroid dienone is 2. The monoisotopic (exact) mass is 146 g/mol. The average molecular weight is 146 g/mol. The normalized spacial score (nSPS) is 11.8. The van der Waals surface area contributed by atoms with Crippen molar-refractivity contribution in [1.82, 2.24) is 0 Å². The molecule has 0 aliphatic rings. The molecule has 46 valence electrons. The van der Waals surface area contributed by atoms with E-state index in [4.69, 9.17) is 0 Å². The van der Waals surface area contributed by atoms with Gasteiger partial charge >= 0.3 is 0 Å². The van der Waals surface area contributed by atoms with Crippen LogP contribution in [0.1, 0.15) is 13.8 Å². The van der Waals surface area contributed by atoms with Crippen molar-refractivity contribution in [2.75, 3.05) is 0 Å². The van der Waals surface area contributed by atoms with Crippen LogP contribution >= 0.6 is 21.6 Å². The molecule has 0 saturated carbocycles. The van der Waals surface area contributed by atoms with E-state index in [2.05, 4.69) is 10.8 Å². The molecule has 0 aliphatic heterocycles. The first kappa shape index (κ1) is 8.18. The Hall–Kier alpha value is 0.180. The Morgan fingerprint density at radius 1 is 0.875 bits per heavy atom. The number of rotatable bonds is 3. The Bertz CT molecular complexity index is 72.5. The summed E-state index contributed by atoms with van der Waals surface area (Å²) < 4.78 is 0. The van der Waals surface area contributed by atoms with Gasteiger partial charge in [-0.05, 0) is 24.7 Å². The first-order chi connectivity index (χ1) is 3.91. The zero-order valence-corrected chi connectivity index (χ0v) is 6.76. The Morgan fingerprint density at radius 3 is 1.50 bits per heavy atom. The van der Waals surface area contributed by atoms with Gasteiger partial charge in [-0.1, -0.05) is 33.7 Å². The van der Waals surface area contributed by atoms with Gasteiger partial charge < -0.3 is 0 Å². The average Bonchev–Trinajstić information content (AvgIpc) is 1.81. The summed E-state index contributed by atoms with van der Waals surface area (Å²) in [5.41, 5.74) is 0. The van der Waals surface area contributed by atoms with Gasteiger partial charge in [0.15, 0.2) is 0 Å². The molecule has 0 aromatic heterocycles. The molecular formula is C6H10S2. The summed E-state index contributed by atoms with van der Waals surface area (Å²) in [6.45, 7) is 4.03. The fourth-order valence-corrected chi connectivity index (χ4v) is 1.58. The van der Waals surface area contributed by atoms with Gasteiger partial charge in [0, 0.05) is 0 Å². The lowest BCUT2D eigenvalue weighted by Crippen LogP contribution is -1.38. The molecule has 0 amide bonds. The van der Waals surface area contributed by atoms with Crippen molar-refractivity contribution < 1.29 is 0 Å². The molecule has 0 aliphatic carbocycles. The lowest BCUT2D eigenvalue weighted by molar-refractivity contribution is 1.79. The lowest BCUT2D eigenvalue weighted by atomic mass is 10.8. The van der Waals surface area contributed by atoms with Crippen LogP contribution in [-0.2, 0) is 0 Å². The predicted octanol–water partition coefficient (Wildman–Crippen LogP) is 3.44. The van der Waals surface area contributed by atoms with Crippen LogP contribution in [0.2, 0.25) is 0 Å². The summed E-state index contributed by atoms with van der Waals surface area (Å²) in [7, 11) is 3.45. The van der Waals surface area contributed by atoms with Gasteiger partial charge in [-0.25, -0.2) is 0 Å². The second kappa shape index (κ2) is 7.18. The maximum atomic E-state index is 2.06. The first-order valence-electron chi connectivity index (χ1n) is 2.46. The Morgan fingerprint density at radius 2 is 1.25 bits per heavy atom. The molecule has 0 saturated heterocycles. The van der Waals surface area contributed by atoms with Crippen LogP contribution in [0.4, 0.5) is 0 Å². The first-order valence-corrected chi connectivity index (χ1v) is 4.74. The SMILES string of the molecule is C/C=C\SS/C=C/C. The molecule has 0 atom stereocenters. The maximum Gasteiger partial charge on any atom is -0.0221 e. The Kier molecular flexibility index (Phi) is 7.34. The van der Waals surface area contributed by atoms with E-state index in [1.807, 2.05) is 26.0 Å². The molecule has 8 heavy (non-hydrogen) atoms. The Labute approximate surface area is 58.8 Å². The third kappa shape index (κ3) is 6.18. The topological polar surface area (TPSA) is 0 Å². The highest BCUT2D eigenvalue weighted by Crippen LogP contribution is 2.22. The van der Waals surface area contributed by atoms with Crippen LogP contribution in [0, 0.1) is 0 Å². The molecule has 0 N–H and O–H groups in total. The zero-order valence-electron chi connectivity index (χ0n) is 5.13. The molecule has 0 bridgehead atoms. The van der Waals surface area contributed by atoms with Crippen LogP contribution in [-0.4, -0.2) is 0 Å². The molecule has 0 rings (SSSR count). The van der Waals surface area contributed by atoms with Crippen LogP contribution in [0.25, 0.3) is 0 Å². The molecule has 0 spiro atoms. The quantitative estimate of drug-likeness (QED) is 0.442. The minimum absolute atomic E-state index is 1.73. The van der Waals surface area contributed by atoms with Crippen LogP contribution in [0.3, 0.4) is 0 Å². The minimum atomic E-state index is 1.73. The van der Waals surface area contributed by atoms with E-state index < -0.39 is 0 Å². The highest BCUT2D eigenvalue weighted by molar-refractivity contribution is 8.78. The van der Waals surface area contributed by atoms with Gasteiger partial charge in [-0.2, -0.15) is 0 Å². The summed E-state index contributed by atoms with van der Waals surface area (Å²) >= 11 is 0. The standard InChI is InChI=1S/C6H10S2/c1-3-5-7-8-6-4-2/h3-6H,1-2H3/b5-3-,6-4+. The van der Waals surface area contributed by atoms with Crippen LogP contribution in [0.5, 0.6) is 0 Å². The van der Waals surface area contributed by atoms with E-state index in [0.717, 1.165) is 0 Å². The number of hydrogen-bond donors (Lipinski definition) is 0. The summed E-state index contributed by atoms with van der Waals surface area (Å²) in [6.07, 6.45) is 4.06. The smallest absolute Gasteiger partial charge is 0.0221 e. The summed E-state index contributed by atoms with van der Waals surface area (Å²) in [5, 5.41) is 4.12. The van der Waals surface area contributed by atoms with Crippen molar-refractivity contribution in [3.63, 3.8) is 0 Å². The highest BCUT2D eigenvalue weighted by atomic mass is 33.1. The molecule has 0 unspecified atom stereocenters. The largest absolute Gasteiger partial charge is 0.0805 e. The van der Waals surface area contributed by atoms with E-state index >= 15 is 0 Å². The van der Waals surface area contributed by atoms with E-state index in [0.29, 0.717) is 0 Å². The van der Waals surface area contributed by atoms with Crippen LogP contribution in [0.15, 0.2) is 23.0 Å². The molecule has 2 heteroatoms. The minimum Gasteiger partial charge on any atom is -0.0805 e. The van der Waals surface area contributed by atoms with Crippen molar-refractivity contribution in [2.24, 2.45) is 0 Å². The predicted molar refractivity (Wildman–Crippen MR) is 44.8 cm³/mol. The maximum absolute atomic E-state index is 2.06. The van der Waals surface area contributed by atoms with Gasteiger partial charge in [0.05, 0.1) is 0 Å². The van der Waals surface area contributed by atoms with Gasteiger partial charge in [0.25, 0.3) is 0 Å². The molecule has 0 fully saturated rings. The number of hydrogen-bond acceptors (Lipinski definition) is 2. The van der Waals surface area contributed by atoms with E-state index in [1.165, 1.54) is 0 Å². The van der Waals surface area contributed by atoms with Gasteiger partial charge in [-0.3, -0.25) is 0 Å². The summed E-state index contributed by atoms with van der Waals surface area (Å²) in [5.74, 6) is 0. The van der Waals surface area contributed by atoms with E-state index in [1.54, 1.807) is 21.6 Å². The molecular weight excluding hydrogens is 136 g/mol. The molecule has 0 nitrogen and oxygen atoms in total. The van der Waals surface area contributed by atoms with Crippen LogP contribution < -0.4 is 0 Å². The fraction of sp³-hybridized carbons (Fsp3) is 0.333. The lowest BCUT2D eigenvalue weighted by Gasteiger charge is -1.80. The second-order valence-electron chi connectivity index (χ2n) is 1.13. The highest BCUT2D eigenvalue weighted by Gasteiger charge is 1.71. The van der Waals surface area contributed by atoms with Gasteiger partial charge in [-0.15, -0.1) is 0 Å².